The summed E-state index contributed by atoms with van der Waals surface area (Å²) in [5.74, 6) is 13.7. The molecule has 2 nitrogen and oxygen atoms in total. The maximum atomic E-state index is 5.29. The van der Waals surface area contributed by atoms with Crippen molar-refractivity contribution in [2.45, 2.75) is 329 Å². The van der Waals surface area contributed by atoms with Crippen LogP contribution >= 0.6 is 0 Å². The number of hydrogen-bond donors (Lipinski definition) is 0. The molecule has 0 fully saturated rings. The second kappa shape index (κ2) is 52.1. The van der Waals surface area contributed by atoms with Crippen LogP contribution in [0, 0.1) is 23.7 Å². The number of aliphatic imine (C=N–C) groups is 2. The van der Waals surface area contributed by atoms with Gasteiger partial charge in [0.1, 0.15) is 0 Å². The summed E-state index contributed by atoms with van der Waals surface area (Å²) in [4.78, 5) is 10.6. The van der Waals surface area contributed by atoms with Crippen molar-refractivity contribution >= 4 is 22.8 Å². The fourth-order valence-electron chi connectivity index (χ4n) is 9.94. The van der Waals surface area contributed by atoms with Crippen molar-refractivity contribution in [1.29, 1.82) is 0 Å². The summed E-state index contributed by atoms with van der Waals surface area (Å²) >= 11 is 0. The van der Waals surface area contributed by atoms with Crippen LogP contribution in [0.1, 0.15) is 341 Å². The minimum Gasteiger partial charge on any atom is -0.251 e. The fourth-order valence-corrected chi connectivity index (χ4v) is 9.94. The van der Waals surface area contributed by atoms with E-state index in [1.54, 1.807) is 0 Å². The molecular weight excluding hydrogens is 881 g/mol. The lowest BCUT2D eigenvalue weighted by molar-refractivity contribution is 0.520. The smallest absolute Gasteiger partial charge is 0.0848 e. The average Bonchev–Trinajstić information content (AvgIpc) is 3.41. The Labute approximate surface area is 455 Å². The van der Waals surface area contributed by atoms with E-state index in [9.17, 15) is 0 Å². The van der Waals surface area contributed by atoms with E-state index in [4.69, 9.17) is 9.98 Å². The van der Waals surface area contributed by atoms with Crippen molar-refractivity contribution in [1.82, 2.24) is 0 Å². The molecule has 0 saturated heterocycles. The molecular formula is C71H116N2. The van der Waals surface area contributed by atoms with Crippen molar-refractivity contribution in [2.24, 2.45) is 9.98 Å². The fraction of sp³-hybridized carbons (Fsp3) is 0.718. The predicted molar refractivity (Wildman–Crippen MR) is 330 cm³/mol. The van der Waals surface area contributed by atoms with Crippen molar-refractivity contribution in [3.63, 3.8) is 0 Å². The SMILES string of the molecule is CCCCCCCCCCCCC#Cc1ccc(N=C(C=CCCCCCCCCCCCCCCCCCCCCCCC)C(CCCC)=Nc2ccc(C#CCCCCCCCCCCCC)cc2)cc1. The molecule has 0 aliphatic rings. The van der Waals surface area contributed by atoms with E-state index in [1.807, 2.05) is 0 Å². The molecule has 0 aliphatic heterocycles. The molecule has 410 valence electrons. The van der Waals surface area contributed by atoms with Gasteiger partial charge < -0.3 is 0 Å². The van der Waals surface area contributed by atoms with E-state index >= 15 is 0 Å². The van der Waals surface area contributed by atoms with E-state index in [0.29, 0.717) is 0 Å². The highest BCUT2D eigenvalue weighted by Crippen LogP contribution is 2.21. The Morgan fingerprint density at radius 1 is 0.329 bits per heavy atom. The average molecular weight is 998 g/mol. The number of nitrogens with zero attached hydrogens (tertiary/aromatic N) is 2. The second-order valence-electron chi connectivity index (χ2n) is 22.0. The largest absolute Gasteiger partial charge is 0.251 e. The van der Waals surface area contributed by atoms with Gasteiger partial charge in [0, 0.05) is 24.0 Å². The van der Waals surface area contributed by atoms with E-state index in [2.05, 4.69) is 112 Å². The van der Waals surface area contributed by atoms with Crippen molar-refractivity contribution in [3.05, 3.63) is 71.8 Å². The molecule has 0 aromatic heterocycles. The summed E-state index contributed by atoms with van der Waals surface area (Å²) < 4.78 is 0. The van der Waals surface area contributed by atoms with Gasteiger partial charge in [-0.2, -0.15) is 0 Å². The maximum Gasteiger partial charge on any atom is 0.0848 e. The van der Waals surface area contributed by atoms with Crippen LogP contribution in [-0.2, 0) is 0 Å². The molecule has 2 rings (SSSR count). The minimum atomic E-state index is 0.905. The summed E-state index contributed by atoms with van der Waals surface area (Å²) in [6.07, 6.45) is 67.8. The van der Waals surface area contributed by atoms with Crippen LogP contribution in [0.25, 0.3) is 0 Å². The molecule has 0 heterocycles. The molecule has 2 aromatic rings. The zero-order valence-electron chi connectivity index (χ0n) is 48.9. The highest BCUT2D eigenvalue weighted by molar-refractivity contribution is 6.47. The molecule has 0 bridgehead atoms. The van der Waals surface area contributed by atoms with Gasteiger partial charge in [-0.05, 0) is 93.1 Å². The monoisotopic (exact) mass is 997 g/mol. The molecule has 0 N–H and O–H groups in total. The molecule has 2 aromatic carbocycles. The standard InChI is InChI=1S/C71H116N2/c1-5-9-13-16-19-22-25-28-29-30-31-32-33-34-35-36-37-38-41-44-47-50-53-57-71(73-69-64-60-67(61-65-69)55-52-49-46-43-40-27-24-21-18-15-11-7-3)70(56-12-8-4)72-68-62-58-66(59-63-68)54-51-48-45-42-39-26-23-20-17-14-10-6-2/h53,57-65H,5-50,56H2,1-4H3. The number of benzene rings is 2. The number of allylic oxidation sites excluding steroid dienone is 2. The van der Waals surface area contributed by atoms with E-state index in [-0.39, 0.29) is 0 Å². The van der Waals surface area contributed by atoms with E-state index < -0.39 is 0 Å². The first kappa shape index (κ1) is 65.8. The Morgan fingerprint density at radius 2 is 0.616 bits per heavy atom. The number of hydrogen-bond acceptors (Lipinski definition) is 2. The van der Waals surface area contributed by atoms with Crippen LogP contribution in [0.5, 0.6) is 0 Å². The van der Waals surface area contributed by atoms with Crippen LogP contribution in [0.2, 0.25) is 0 Å². The number of rotatable bonds is 49. The Hall–Kier alpha value is -3.36. The van der Waals surface area contributed by atoms with Crippen molar-refractivity contribution in [2.75, 3.05) is 0 Å². The molecule has 0 unspecified atom stereocenters. The summed E-state index contributed by atoms with van der Waals surface area (Å²) in [5, 5.41) is 0. The zero-order valence-corrected chi connectivity index (χ0v) is 48.9. The first-order valence-corrected chi connectivity index (χ1v) is 32.2. The third-order valence-corrected chi connectivity index (χ3v) is 14.8. The van der Waals surface area contributed by atoms with Gasteiger partial charge in [0.25, 0.3) is 0 Å². The van der Waals surface area contributed by atoms with E-state index in [1.165, 1.54) is 263 Å². The van der Waals surface area contributed by atoms with Crippen LogP contribution in [0.4, 0.5) is 11.4 Å². The van der Waals surface area contributed by atoms with Gasteiger partial charge in [0.2, 0.25) is 0 Å². The Bertz CT molecular complexity index is 1720. The molecule has 0 atom stereocenters. The summed E-state index contributed by atoms with van der Waals surface area (Å²) in [5.41, 5.74) is 6.14. The van der Waals surface area contributed by atoms with Crippen LogP contribution in [0.15, 0.2) is 70.7 Å². The van der Waals surface area contributed by atoms with Crippen LogP contribution in [-0.4, -0.2) is 11.4 Å². The molecule has 0 saturated carbocycles. The van der Waals surface area contributed by atoms with Gasteiger partial charge in [0.15, 0.2) is 0 Å². The summed E-state index contributed by atoms with van der Waals surface area (Å²) in [6, 6.07) is 17.1. The lowest BCUT2D eigenvalue weighted by atomic mass is 10.0. The maximum absolute atomic E-state index is 5.29. The molecule has 2 heteroatoms. The van der Waals surface area contributed by atoms with Gasteiger partial charge in [0.05, 0.1) is 22.8 Å². The first-order chi connectivity index (χ1) is 36.2. The zero-order chi connectivity index (χ0) is 52.0. The van der Waals surface area contributed by atoms with Crippen molar-refractivity contribution < 1.29 is 0 Å². The molecule has 0 spiro atoms. The van der Waals surface area contributed by atoms with E-state index in [0.717, 1.165) is 72.4 Å². The Morgan fingerprint density at radius 3 is 0.945 bits per heavy atom. The highest BCUT2D eigenvalue weighted by atomic mass is 14.8. The third kappa shape index (κ3) is 41.6. The van der Waals surface area contributed by atoms with Gasteiger partial charge in [-0.25, -0.2) is 4.99 Å². The van der Waals surface area contributed by atoms with Gasteiger partial charge in [-0.3, -0.25) is 4.99 Å². The van der Waals surface area contributed by atoms with Gasteiger partial charge in [-0.1, -0.05) is 308 Å². The molecule has 0 amide bonds. The predicted octanol–water partition coefficient (Wildman–Crippen LogP) is 24.2. The lowest BCUT2D eigenvalue weighted by Crippen LogP contribution is -2.11. The molecule has 0 aliphatic carbocycles. The lowest BCUT2D eigenvalue weighted by Gasteiger charge is -2.08. The summed E-state index contributed by atoms with van der Waals surface area (Å²) in [7, 11) is 0. The molecule has 73 heavy (non-hydrogen) atoms. The third-order valence-electron chi connectivity index (χ3n) is 14.8. The summed E-state index contributed by atoms with van der Waals surface area (Å²) in [6.45, 7) is 9.17. The minimum absolute atomic E-state index is 0.905. The Kier molecular flexibility index (Phi) is 46.9. The second-order valence-corrected chi connectivity index (χ2v) is 22.0. The topological polar surface area (TPSA) is 24.7 Å². The number of unbranched alkanes of at least 4 members (excludes halogenated alkanes) is 42. The normalized spacial score (nSPS) is 11.8. The van der Waals surface area contributed by atoms with Gasteiger partial charge in [-0.15, -0.1) is 0 Å². The quantitative estimate of drug-likeness (QED) is 0.0359. The first-order valence-electron chi connectivity index (χ1n) is 32.2. The van der Waals surface area contributed by atoms with Gasteiger partial charge >= 0.3 is 0 Å². The molecule has 0 radical (unpaired) electrons. The Balaban J connectivity index is 1.90. The highest BCUT2D eigenvalue weighted by Gasteiger charge is 2.09. The van der Waals surface area contributed by atoms with Crippen LogP contribution in [0.3, 0.4) is 0 Å². The van der Waals surface area contributed by atoms with Crippen molar-refractivity contribution in [3.8, 4) is 23.7 Å². The van der Waals surface area contributed by atoms with Crippen LogP contribution < -0.4 is 0 Å².